The second-order valence-corrected chi connectivity index (χ2v) is 4.53. The van der Waals surface area contributed by atoms with E-state index in [4.69, 9.17) is 9.47 Å². The Bertz CT molecular complexity index is 622. The summed E-state index contributed by atoms with van der Waals surface area (Å²) in [4.78, 5) is 14.7. The quantitative estimate of drug-likeness (QED) is 0.492. The molecule has 0 unspecified atom stereocenters. The number of aromatic nitrogens is 1. The van der Waals surface area contributed by atoms with Crippen LogP contribution in [0.4, 0.5) is 8.78 Å². The molecule has 2 aromatic rings. The van der Waals surface area contributed by atoms with E-state index < -0.39 is 17.9 Å². The van der Waals surface area contributed by atoms with E-state index >= 15 is 0 Å². The van der Waals surface area contributed by atoms with Gasteiger partial charge in [-0.05, 0) is 38.1 Å². The molecule has 0 radical (unpaired) electrons. The van der Waals surface area contributed by atoms with Crippen LogP contribution in [0, 0.1) is 11.9 Å². The number of hydrogen-bond acceptors (Lipinski definition) is 4. The fraction of sp³-hybridized carbons (Fsp3) is 0.200. The Morgan fingerprint density at radius 1 is 1.05 bits per heavy atom. The highest BCUT2D eigenvalue weighted by atomic mass is 19.1. The molecule has 1 heterocycles. The van der Waals surface area contributed by atoms with Gasteiger partial charge in [-0.15, -0.1) is 0 Å². The molecule has 0 N–H and O–H groups in total. The monoisotopic (exact) mass is 293 g/mol. The van der Waals surface area contributed by atoms with Gasteiger partial charge in [0.05, 0.1) is 11.7 Å². The maximum absolute atomic E-state index is 12.9. The van der Waals surface area contributed by atoms with Gasteiger partial charge in [0, 0.05) is 12.1 Å². The Balaban J connectivity index is 2.08. The Morgan fingerprint density at radius 3 is 2.10 bits per heavy atom. The van der Waals surface area contributed by atoms with Gasteiger partial charge in [-0.25, -0.2) is 4.79 Å². The number of rotatable bonds is 4. The van der Waals surface area contributed by atoms with Crippen molar-refractivity contribution in [2.45, 2.75) is 20.0 Å². The zero-order valence-corrected chi connectivity index (χ0v) is 11.5. The van der Waals surface area contributed by atoms with E-state index in [9.17, 15) is 13.6 Å². The predicted octanol–water partition coefficient (Wildman–Crippen LogP) is 3.37. The maximum atomic E-state index is 12.9. The van der Waals surface area contributed by atoms with E-state index in [0.717, 1.165) is 12.1 Å². The molecule has 0 spiro atoms. The fourth-order valence-corrected chi connectivity index (χ4v) is 1.61. The number of benzene rings is 1. The minimum atomic E-state index is -1.08. The van der Waals surface area contributed by atoms with Gasteiger partial charge in [0.25, 0.3) is 0 Å². The van der Waals surface area contributed by atoms with Crippen LogP contribution in [-0.2, 0) is 0 Å². The van der Waals surface area contributed by atoms with Crippen molar-refractivity contribution in [1.82, 2.24) is 4.98 Å². The van der Waals surface area contributed by atoms with Crippen molar-refractivity contribution < 1.29 is 23.0 Å². The first-order valence-electron chi connectivity index (χ1n) is 6.26. The molecule has 0 saturated heterocycles. The Morgan fingerprint density at radius 2 is 1.57 bits per heavy atom. The molecule has 21 heavy (non-hydrogen) atoms. The van der Waals surface area contributed by atoms with E-state index in [1.54, 1.807) is 12.1 Å². The standard InChI is InChI=1S/C15H13F2NO3/c1-9(2)20-11-3-5-12(6-4-11)21-15(19)10-7-13(16)18-14(17)8-10/h3-9H,1-2H3. The van der Waals surface area contributed by atoms with Gasteiger partial charge in [0.2, 0.25) is 11.9 Å². The first-order valence-corrected chi connectivity index (χ1v) is 6.26. The van der Waals surface area contributed by atoms with Crippen molar-refractivity contribution in [3.63, 3.8) is 0 Å². The smallest absolute Gasteiger partial charge is 0.343 e. The van der Waals surface area contributed by atoms with Crippen molar-refractivity contribution >= 4 is 5.97 Å². The second-order valence-electron chi connectivity index (χ2n) is 4.53. The Kier molecular flexibility index (Phi) is 4.47. The number of esters is 1. The van der Waals surface area contributed by atoms with Gasteiger partial charge in [0.1, 0.15) is 11.5 Å². The normalized spacial score (nSPS) is 10.5. The van der Waals surface area contributed by atoms with E-state index in [2.05, 4.69) is 4.98 Å². The third kappa shape index (κ3) is 4.24. The zero-order chi connectivity index (χ0) is 15.4. The van der Waals surface area contributed by atoms with Gasteiger partial charge in [-0.2, -0.15) is 13.8 Å². The molecule has 110 valence electrons. The van der Waals surface area contributed by atoms with Crippen LogP contribution in [0.2, 0.25) is 0 Å². The van der Waals surface area contributed by atoms with Crippen LogP contribution >= 0.6 is 0 Å². The molecule has 0 aliphatic rings. The highest BCUT2D eigenvalue weighted by Gasteiger charge is 2.12. The number of carbonyl (C=O) groups excluding carboxylic acids is 1. The van der Waals surface area contributed by atoms with Gasteiger partial charge >= 0.3 is 5.97 Å². The summed E-state index contributed by atoms with van der Waals surface area (Å²) in [7, 11) is 0. The zero-order valence-electron chi connectivity index (χ0n) is 11.5. The molecule has 0 saturated carbocycles. The first kappa shape index (κ1) is 14.9. The van der Waals surface area contributed by atoms with E-state index in [0.29, 0.717) is 5.75 Å². The number of nitrogens with zero attached hydrogens (tertiary/aromatic N) is 1. The third-order valence-electron chi connectivity index (χ3n) is 2.40. The molecule has 0 amide bonds. The van der Waals surface area contributed by atoms with Crippen LogP contribution in [-0.4, -0.2) is 17.1 Å². The SMILES string of the molecule is CC(C)Oc1ccc(OC(=O)c2cc(F)nc(F)c2)cc1. The Labute approximate surface area is 120 Å². The lowest BCUT2D eigenvalue weighted by molar-refractivity contribution is 0.0733. The molecule has 0 aliphatic carbocycles. The minimum absolute atomic E-state index is 0.0289. The lowest BCUT2D eigenvalue weighted by atomic mass is 10.2. The van der Waals surface area contributed by atoms with Crippen LogP contribution in [0.3, 0.4) is 0 Å². The van der Waals surface area contributed by atoms with Crippen LogP contribution in [0.25, 0.3) is 0 Å². The summed E-state index contributed by atoms with van der Waals surface area (Å²) in [5.41, 5.74) is -0.248. The summed E-state index contributed by atoms with van der Waals surface area (Å²) in [6.45, 7) is 3.78. The number of hydrogen-bond donors (Lipinski definition) is 0. The summed E-state index contributed by atoms with van der Waals surface area (Å²) in [5.74, 6) is -2.16. The molecule has 1 aromatic carbocycles. The van der Waals surface area contributed by atoms with Crippen molar-refractivity contribution in [2.24, 2.45) is 0 Å². The highest BCUT2D eigenvalue weighted by Crippen LogP contribution is 2.19. The first-order chi connectivity index (χ1) is 9.94. The largest absolute Gasteiger partial charge is 0.491 e. The molecule has 0 atom stereocenters. The molecule has 0 bridgehead atoms. The van der Waals surface area contributed by atoms with Crippen LogP contribution < -0.4 is 9.47 Å². The van der Waals surface area contributed by atoms with E-state index in [1.807, 2.05) is 13.8 Å². The van der Waals surface area contributed by atoms with Crippen LogP contribution in [0.1, 0.15) is 24.2 Å². The molecular formula is C15H13F2NO3. The van der Waals surface area contributed by atoms with Gasteiger partial charge in [-0.3, -0.25) is 0 Å². The lowest BCUT2D eigenvalue weighted by Gasteiger charge is -2.10. The van der Waals surface area contributed by atoms with Gasteiger partial charge < -0.3 is 9.47 Å². The van der Waals surface area contributed by atoms with Crippen LogP contribution in [0.15, 0.2) is 36.4 Å². The third-order valence-corrected chi connectivity index (χ3v) is 2.40. The second kappa shape index (κ2) is 6.30. The lowest BCUT2D eigenvalue weighted by Crippen LogP contribution is -2.10. The van der Waals surface area contributed by atoms with Gasteiger partial charge in [-0.1, -0.05) is 0 Å². The van der Waals surface area contributed by atoms with Crippen molar-refractivity contribution in [2.75, 3.05) is 0 Å². The number of carbonyl (C=O) groups is 1. The number of pyridine rings is 1. The average Bonchev–Trinajstić information content (AvgIpc) is 2.39. The highest BCUT2D eigenvalue weighted by molar-refractivity contribution is 5.90. The average molecular weight is 293 g/mol. The number of halogens is 2. The van der Waals surface area contributed by atoms with Crippen molar-refractivity contribution in [1.29, 1.82) is 0 Å². The molecule has 6 heteroatoms. The molecule has 0 fully saturated rings. The molecular weight excluding hydrogens is 280 g/mol. The molecule has 2 rings (SSSR count). The van der Waals surface area contributed by atoms with Crippen LogP contribution in [0.5, 0.6) is 11.5 Å². The summed E-state index contributed by atoms with van der Waals surface area (Å²) >= 11 is 0. The Hall–Kier alpha value is -2.50. The fourth-order valence-electron chi connectivity index (χ4n) is 1.61. The van der Waals surface area contributed by atoms with E-state index in [1.165, 1.54) is 12.1 Å². The molecule has 0 aliphatic heterocycles. The summed E-state index contributed by atoms with van der Waals surface area (Å²) < 4.78 is 36.3. The minimum Gasteiger partial charge on any atom is -0.491 e. The van der Waals surface area contributed by atoms with E-state index in [-0.39, 0.29) is 17.4 Å². The predicted molar refractivity (Wildman–Crippen MR) is 71.3 cm³/mol. The van der Waals surface area contributed by atoms with Gasteiger partial charge in [0.15, 0.2) is 0 Å². The molecule has 4 nitrogen and oxygen atoms in total. The van der Waals surface area contributed by atoms with Crippen molar-refractivity contribution in [3.8, 4) is 11.5 Å². The summed E-state index contributed by atoms with van der Waals surface area (Å²) in [5, 5.41) is 0. The topological polar surface area (TPSA) is 48.4 Å². The summed E-state index contributed by atoms with van der Waals surface area (Å²) in [6.07, 6.45) is 0.0289. The number of ether oxygens (including phenoxy) is 2. The molecule has 1 aromatic heterocycles. The summed E-state index contributed by atoms with van der Waals surface area (Å²) in [6, 6.07) is 7.95. The maximum Gasteiger partial charge on any atom is 0.343 e. The van der Waals surface area contributed by atoms with Crippen molar-refractivity contribution in [3.05, 3.63) is 53.9 Å².